The number of halogens is 1. The molecule has 0 unspecified atom stereocenters. The van der Waals surface area contributed by atoms with E-state index in [0.29, 0.717) is 17.0 Å². The lowest BCUT2D eigenvalue weighted by molar-refractivity contribution is 0.630. The topological polar surface area (TPSA) is 38.7 Å². The van der Waals surface area contributed by atoms with Crippen molar-refractivity contribution in [2.24, 2.45) is 0 Å². The maximum atomic E-state index is 13.6. The summed E-state index contributed by atoms with van der Waals surface area (Å²) in [6.07, 6.45) is 3.17. The fourth-order valence-corrected chi connectivity index (χ4v) is 2.28. The average molecular weight is 295 g/mol. The van der Waals surface area contributed by atoms with Gasteiger partial charge in [0.1, 0.15) is 11.5 Å². The monoisotopic (exact) mass is 295 g/mol. The van der Waals surface area contributed by atoms with E-state index in [1.807, 2.05) is 12.3 Å². The Hall–Kier alpha value is -2.58. The highest BCUT2D eigenvalue weighted by Gasteiger charge is 2.06. The molecule has 21 heavy (non-hydrogen) atoms. The second-order valence-electron chi connectivity index (χ2n) is 4.28. The van der Waals surface area contributed by atoms with Gasteiger partial charge >= 0.3 is 0 Å². The summed E-state index contributed by atoms with van der Waals surface area (Å²) in [5.41, 5.74) is 1.78. The Morgan fingerprint density at radius 3 is 2.52 bits per heavy atom. The van der Waals surface area contributed by atoms with Gasteiger partial charge in [-0.3, -0.25) is 0 Å². The van der Waals surface area contributed by atoms with Gasteiger partial charge in [0, 0.05) is 17.8 Å². The SMILES string of the molecule is Cc1nc(C#Cc2cnc(-c3ccccc3F)nc2)cs1. The summed E-state index contributed by atoms with van der Waals surface area (Å²) in [5.74, 6) is 5.90. The number of aromatic nitrogens is 3. The molecule has 0 aliphatic carbocycles. The minimum Gasteiger partial charge on any atom is -0.235 e. The molecule has 0 bridgehead atoms. The summed E-state index contributed by atoms with van der Waals surface area (Å²) in [6, 6.07) is 6.42. The van der Waals surface area contributed by atoms with Crippen LogP contribution in [-0.2, 0) is 0 Å². The molecule has 0 aliphatic rings. The van der Waals surface area contributed by atoms with Crippen LogP contribution in [0.5, 0.6) is 0 Å². The van der Waals surface area contributed by atoms with Gasteiger partial charge in [-0.1, -0.05) is 18.1 Å². The minimum absolute atomic E-state index is 0.339. The molecule has 0 aliphatic heterocycles. The van der Waals surface area contributed by atoms with Crippen LogP contribution in [0.25, 0.3) is 11.4 Å². The highest BCUT2D eigenvalue weighted by Crippen LogP contribution is 2.17. The maximum Gasteiger partial charge on any atom is 0.162 e. The molecule has 2 heterocycles. The molecule has 0 spiro atoms. The average Bonchev–Trinajstić information content (AvgIpc) is 2.92. The second-order valence-corrected chi connectivity index (χ2v) is 5.34. The van der Waals surface area contributed by atoms with E-state index in [9.17, 15) is 4.39 Å². The van der Waals surface area contributed by atoms with Crippen molar-refractivity contribution in [3.63, 3.8) is 0 Å². The fourth-order valence-electron chi connectivity index (χ4n) is 1.73. The Morgan fingerprint density at radius 2 is 1.86 bits per heavy atom. The molecule has 0 amide bonds. The third kappa shape index (κ3) is 3.12. The first-order chi connectivity index (χ1) is 10.2. The molecular formula is C16H10FN3S. The number of thiazole rings is 1. The third-order valence-corrected chi connectivity index (χ3v) is 3.49. The molecule has 1 aromatic carbocycles. The van der Waals surface area contributed by atoms with Crippen LogP contribution in [0.15, 0.2) is 42.0 Å². The summed E-state index contributed by atoms with van der Waals surface area (Å²) in [5, 5.41) is 2.88. The van der Waals surface area contributed by atoms with Crippen molar-refractivity contribution in [3.8, 4) is 23.2 Å². The zero-order valence-electron chi connectivity index (χ0n) is 11.2. The zero-order chi connectivity index (χ0) is 14.7. The van der Waals surface area contributed by atoms with E-state index < -0.39 is 0 Å². The summed E-state index contributed by atoms with van der Waals surface area (Å²) < 4.78 is 13.6. The number of aryl methyl sites for hydroxylation is 1. The van der Waals surface area contributed by atoms with Crippen LogP contribution in [-0.4, -0.2) is 15.0 Å². The lowest BCUT2D eigenvalue weighted by atomic mass is 10.2. The van der Waals surface area contributed by atoms with Gasteiger partial charge in [0.25, 0.3) is 0 Å². The molecular weight excluding hydrogens is 285 g/mol. The standard InChI is InChI=1S/C16H10FN3S/c1-11-20-13(10-21-11)7-6-12-8-18-16(19-9-12)14-4-2-3-5-15(14)17/h2-5,8-10H,1H3. The van der Waals surface area contributed by atoms with Crippen LogP contribution in [0.3, 0.4) is 0 Å². The first-order valence-corrected chi connectivity index (χ1v) is 7.11. The Kier molecular flexibility index (Phi) is 3.71. The summed E-state index contributed by atoms with van der Waals surface area (Å²) in [4.78, 5) is 12.6. The third-order valence-electron chi connectivity index (χ3n) is 2.72. The number of nitrogens with zero attached hydrogens (tertiary/aromatic N) is 3. The van der Waals surface area contributed by atoms with E-state index in [4.69, 9.17) is 0 Å². The molecule has 102 valence electrons. The van der Waals surface area contributed by atoms with E-state index in [2.05, 4.69) is 26.8 Å². The number of benzene rings is 1. The van der Waals surface area contributed by atoms with E-state index in [1.54, 1.807) is 41.9 Å². The minimum atomic E-state index is -0.339. The molecule has 0 radical (unpaired) electrons. The first-order valence-electron chi connectivity index (χ1n) is 6.23. The summed E-state index contributed by atoms with van der Waals surface area (Å²) >= 11 is 1.55. The van der Waals surface area contributed by atoms with E-state index in [0.717, 1.165) is 10.7 Å². The van der Waals surface area contributed by atoms with Gasteiger partial charge in [0.15, 0.2) is 5.82 Å². The predicted molar refractivity (Wildman–Crippen MR) is 80.3 cm³/mol. The van der Waals surface area contributed by atoms with Gasteiger partial charge < -0.3 is 0 Å². The molecule has 3 nitrogen and oxygen atoms in total. The lowest BCUT2D eigenvalue weighted by Crippen LogP contribution is -1.92. The quantitative estimate of drug-likeness (QED) is 0.645. The van der Waals surface area contributed by atoms with Crippen molar-refractivity contribution in [2.45, 2.75) is 6.92 Å². The van der Waals surface area contributed by atoms with Crippen molar-refractivity contribution < 1.29 is 4.39 Å². The maximum absolute atomic E-state index is 13.6. The molecule has 0 saturated carbocycles. The zero-order valence-corrected chi connectivity index (χ0v) is 12.0. The summed E-state index contributed by atoms with van der Waals surface area (Å²) in [7, 11) is 0. The van der Waals surface area contributed by atoms with Crippen molar-refractivity contribution in [1.29, 1.82) is 0 Å². The van der Waals surface area contributed by atoms with E-state index in [-0.39, 0.29) is 5.82 Å². The Balaban J connectivity index is 1.85. The van der Waals surface area contributed by atoms with E-state index >= 15 is 0 Å². The van der Waals surface area contributed by atoms with Gasteiger partial charge in [-0.05, 0) is 25.0 Å². The van der Waals surface area contributed by atoms with Crippen LogP contribution in [0, 0.1) is 24.6 Å². The molecule has 3 rings (SSSR count). The summed E-state index contributed by atoms with van der Waals surface area (Å²) in [6.45, 7) is 1.93. The van der Waals surface area contributed by atoms with Gasteiger partial charge in [0.05, 0.1) is 16.1 Å². The Labute approximate surface area is 125 Å². The van der Waals surface area contributed by atoms with Crippen LogP contribution in [0.2, 0.25) is 0 Å². The van der Waals surface area contributed by atoms with Crippen LogP contribution < -0.4 is 0 Å². The second kappa shape index (κ2) is 5.81. The molecule has 0 fully saturated rings. The van der Waals surface area contributed by atoms with Crippen molar-refractivity contribution >= 4 is 11.3 Å². The smallest absolute Gasteiger partial charge is 0.162 e. The van der Waals surface area contributed by atoms with Gasteiger partial charge in [0.2, 0.25) is 0 Å². The van der Waals surface area contributed by atoms with E-state index in [1.165, 1.54) is 6.07 Å². The molecule has 0 atom stereocenters. The van der Waals surface area contributed by atoms with Gasteiger partial charge in [-0.15, -0.1) is 11.3 Å². The molecule has 0 N–H and O–H groups in total. The molecule has 5 heteroatoms. The largest absolute Gasteiger partial charge is 0.235 e. The van der Waals surface area contributed by atoms with Crippen LogP contribution in [0.1, 0.15) is 16.3 Å². The van der Waals surface area contributed by atoms with Crippen LogP contribution in [0.4, 0.5) is 4.39 Å². The predicted octanol–water partition coefficient (Wildman–Crippen LogP) is 3.45. The molecule has 0 saturated heterocycles. The Morgan fingerprint density at radius 1 is 1.10 bits per heavy atom. The van der Waals surface area contributed by atoms with Crippen molar-refractivity contribution in [3.05, 3.63) is 64.1 Å². The first kappa shape index (κ1) is 13.4. The molecule has 3 aromatic rings. The van der Waals surface area contributed by atoms with Crippen molar-refractivity contribution in [2.75, 3.05) is 0 Å². The molecule has 2 aromatic heterocycles. The number of rotatable bonds is 1. The van der Waals surface area contributed by atoms with Gasteiger partial charge in [-0.2, -0.15) is 0 Å². The number of hydrogen-bond acceptors (Lipinski definition) is 4. The Bertz CT molecular complexity index is 828. The highest BCUT2D eigenvalue weighted by molar-refractivity contribution is 7.09. The van der Waals surface area contributed by atoms with Gasteiger partial charge in [-0.25, -0.2) is 19.3 Å². The van der Waals surface area contributed by atoms with Crippen molar-refractivity contribution in [1.82, 2.24) is 15.0 Å². The lowest BCUT2D eigenvalue weighted by Gasteiger charge is -2.00. The van der Waals surface area contributed by atoms with Crippen LogP contribution >= 0.6 is 11.3 Å². The number of hydrogen-bond donors (Lipinski definition) is 0. The fraction of sp³-hybridized carbons (Fsp3) is 0.0625. The highest BCUT2D eigenvalue weighted by atomic mass is 32.1. The normalized spacial score (nSPS) is 10.0.